The van der Waals surface area contributed by atoms with Crippen LogP contribution in [0.2, 0.25) is 0 Å². The normalized spacial score (nSPS) is 29.4. The molecule has 0 aromatic carbocycles. The fourth-order valence-corrected chi connectivity index (χ4v) is 4.37. The largest absolute Gasteiger partial charge is 0.326 e. The summed E-state index contributed by atoms with van der Waals surface area (Å²) < 4.78 is 0. The van der Waals surface area contributed by atoms with Crippen LogP contribution in [0.15, 0.2) is 12.1 Å². The summed E-state index contributed by atoms with van der Waals surface area (Å²) in [6, 6.07) is 5.92. The van der Waals surface area contributed by atoms with Gasteiger partial charge in [-0.05, 0) is 38.4 Å². The predicted octanol–water partition coefficient (Wildman–Crippen LogP) is 2.27. The van der Waals surface area contributed by atoms with Crippen LogP contribution in [-0.4, -0.2) is 41.5 Å². The molecule has 2 saturated heterocycles. The maximum Gasteiger partial charge on any atom is 0.0332 e. The zero-order valence-corrected chi connectivity index (χ0v) is 12.7. The van der Waals surface area contributed by atoms with Gasteiger partial charge >= 0.3 is 0 Å². The SMILES string of the molecule is CC1CN2CCCCC2CN1Cc1ccc(CN)s1. The molecule has 0 radical (unpaired) electrons. The topological polar surface area (TPSA) is 32.5 Å². The number of piperazine rings is 1. The van der Waals surface area contributed by atoms with Gasteiger partial charge in [0.15, 0.2) is 0 Å². The number of nitrogens with zero attached hydrogens (tertiary/aromatic N) is 2. The van der Waals surface area contributed by atoms with Crippen LogP contribution in [0.4, 0.5) is 0 Å². The molecule has 0 bridgehead atoms. The van der Waals surface area contributed by atoms with Crippen LogP contribution in [0.25, 0.3) is 0 Å². The third-order valence-corrected chi connectivity index (χ3v) is 5.69. The summed E-state index contributed by atoms with van der Waals surface area (Å²) >= 11 is 1.88. The summed E-state index contributed by atoms with van der Waals surface area (Å²) in [4.78, 5) is 8.15. The number of nitrogens with two attached hydrogens (primary N) is 1. The lowest BCUT2D eigenvalue weighted by atomic mass is 9.97. The summed E-state index contributed by atoms with van der Waals surface area (Å²) in [5.74, 6) is 0. The molecule has 2 N–H and O–H groups in total. The van der Waals surface area contributed by atoms with Crippen LogP contribution in [-0.2, 0) is 13.1 Å². The Morgan fingerprint density at radius 2 is 2.11 bits per heavy atom. The molecular weight excluding hydrogens is 254 g/mol. The lowest BCUT2D eigenvalue weighted by Crippen LogP contribution is -2.58. The highest BCUT2D eigenvalue weighted by Gasteiger charge is 2.32. The molecule has 2 aliphatic heterocycles. The van der Waals surface area contributed by atoms with Gasteiger partial charge in [-0.15, -0.1) is 11.3 Å². The van der Waals surface area contributed by atoms with Gasteiger partial charge in [0, 0.05) is 48.0 Å². The lowest BCUT2D eigenvalue weighted by molar-refractivity contribution is 0.0116. The fourth-order valence-electron chi connectivity index (χ4n) is 3.45. The van der Waals surface area contributed by atoms with E-state index in [0.29, 0.717) is 12.6 Å². The molecule has 1 aromatic rings. The van der Waals surface area contributed by atoms with Gasteiger partial charge in [0.2, 0.25) is 0 Å². The summed E-state index contributed by atoms with van der Waals surface area (Å²) in [7, 11) is 0. The lowest BCUT2D eigenvalue weighted by Gasteiger charge is -2.47. The van der Waals surface area contributed by atoms with Crippen LogP contribution < -0.4 is 5.73 Å². The molecule has 2 fully saturated rings. The number of hydrogen-bond donors (Lipinski definition) is 1. The Balaban J connectivity index is 1.63. The molecule has 1 aromatic heterocycles. The van der Waals surface area contributed by atoms with Crippen LogP contribution in [0.3, 0.4) is 0 Å². The zero-order chi connectivity index (χ0) is 13.2. The van der Waals surface area contributed by atoms with E-state index in [1.165, 1.54) is 48.7 Å². The third kappa shape index (κ3) is 3.02. The monoisotopic (exact) mass is 279 g/mol. The summed E-state index contributed by atoms with van der Waals surface area (Å²) in [5, 5.41) is 0. The molecule has 2 atom stereocenters. The molecule has 2 unspecified atom stereocenters. The minimum Gasteiger partial charge on any atom is -0.326 e. The number of thiophene rings is 1. The average molecular weight is 279 g/mol. The minimum absolute atomic E-state index is 0.677. The first kappa shape index (κ1) is 13.6. The molecule has 0 amide bonds. The number of hydrogen-bond acceptors (Lipinski definition) is 4. The second-order valence-corrected chi connectivity index (χ2v) is 7.25. The van der Waals surface area contributed by atoms with Gasteiger partial charge in [-0.2, -0.15) is 0 Å². The van der Waals surface area contributed by atoms with Gasteiger partial charge in [-0.25, -0.2) is 0 Å². The molecule has 106 valence electrons. The molecule has 0 saturated carbocycles. The van der Waals surface area contributed by atoms with Crippen molar-refractivity contribution in [3.63, 3.8) is 0 Å². The highest BCUT2D eigenvalue weighted by atomic mass is 32.1. The minimum atomic E-state index is 0.677. The summed E-state index contributed by atoms with van der Waals surface area (Å²) in [6.45, 7) is 7.98. The van der Waals surface area contributed by atoms with Crippen molar-refractivity contribution < 1.29 is 0 Å². The van der Waals surface area contributed by atoms with E-state index in [9.17, 15) is 0 Å². The Hall–Kier alpha value is -0.420. The van der Waals surface area contributed by atoms with Gasteiger partial charge in [0.1, 0.15) is 0 Å². The first-order valence-electron chi connectivity index (χ1n) is 7.52. The quantitative estimate of drug-likeness (QED) is 0.921. The van der Waals surface area contributed by atoms with Crippen molar-refractivity contribution in [3.05, 3.63) is 21.9 Å². The van der Waals surface area contributed by atoms with E-state index in [1.807, 2.05) is 11.3 Å². The van der Waals surface area contributed by atoms with Crippen LogP contribution in [0.5, 0.6) is 0 Å². The number of piperidine rings is 1. The maximum atomic E-state index is 5.70. The smallest absolute Gasteiger partial charge is 0.0332 e. The second kappa shape index (κ2) is 5.92. The van der Waals surface area contributed by atoms with Gasteiger partial charge in [0.25, 0.3) is 0 Å². The van der Waals surface area contributed by atoms with Gasteiger partial charge in [0.05, 0.1) is 0 Å². The molecule has 19 heavy (non-hydrogen) atoms. The van der Waals surface area contributed by atoms with E-state index < -0.39 is 0 Å². The van der Waals surface area contributed by atoms with E-state index in [1.54, 1.807) is 0 Å². The van der Waals surface area contributed by atoms with E-state index >= 15 is 0 Å². The zero-order valence-electron chi connectivity index (χ0n) is 11.8. The Morgan fingerprint density at radius 3 is 2.89 bits per heavy atom. The maximum absolute atomic E-state index is 5.70. The summed E-state index contributed by atoms with van der Waals surface area (Å²) in [6.07, 6.45) is 4.20. The fraction of sp³-hybridized carbons (Fsp3) is 0.733. The molecule has 3 heterocycles. The van der Waals surface area contributed by atoms with Crippen LogP contribution in [0, 0.1) is 0 Å². The molecule has 0 aliphatic carbocycles. The average Bonchev–Trinajstić information content (AvgIpc) is 2.87. The van der Waals surface area contributed by atoms with E-state index in [0.717, 1.165) is 12.6 Å². The Bertz CT molecular complexity index is 417. The third-order valence-electron chi connectivity index (χ3n) is 4.59. The first-order valence-corrected chi connectivity index (χ1v) is 8.33. The van der Waals surface area contributed by atoms with Crippen molar-refractivity contribution in [1.82, 2.24) is 9.80 Å². The Kier molecular flexibility index (Phi) is 4.22. The van der Waals surface area contributed by atoms with Crippen molar-refractivity contribution in [2.45, 2.75) is 51.4 Å². The van der Waals surface area contributed by atoms with E-state index in [-0.39, 0.29) is 0 Å². The number of rotatable bonds is 3. The highest BCUT2D eigenvalue weighted by molar-refractivity contribution is 7.11. The summed E-state index contributed by atoms with van der Waals surface area (Å²) in [5.41, 5.74) is 5.70. The number of fused-ring (bicyclic) bond motifs is 1. The van der Waals surface area contributed by atoms with Crippen molar-refractivity contribution in [2.75, 3.05) is 19.6 Å². The Morgan fingerprint density at radius 1 is 1.26 bits per heavy atom. The van der Waals surface area contributed by atoms with Crippen molar-refractivity contribution in [3.8, 4) is 0 Å². The van der Waals surface area contributed by atoms with Crippen LogP contribution in [0.1, 0.15) is 35.9 Å². The molecule has 2 aliphatic rings. The van der Waals surface area contributed by atoms with Crippen molar-refractivity contribution >= 4 is 11.3 Å². The van der Waals surface area contributed by atoms with E-state index in [4.69, 9.17) is 5.73 Å². The molecule has 0 spiro atoms. The standard InChI is InChI=1S/C15H25N3S/c1-12-9-17-7-3-2-4-13(17)10-18(12)11-15-6-5-14(8-16)19-15/h5-6,12-13H,2-4,7-11,16H2,1H3. The highest BCUT2D eigenvalue weighted by Crippen LogP contribution is 2.26. The van der Waals surface area contributed by atoms with Gasteiger partial charge < -0.3 is 5.73 Å². The van der Waals surface area contributed by atoms with Gasteiger partial charge in [-0.3, -0.25) is 9.80 Å². The second-order valence-electron chi connectivity index (χ2n) is 6.00. The van der Waals surface area contributed by atoms with Crippen molar-refractivity contribution in [2.24, 2.45) is 5.73 Å². The molecule has 3 nitrogen and oxygen atoms in total. The molecular formula is C15H25N3S. The Labute approximate surface area is 120 Å². The van der Waals surface area contributed by atoms with E-state index in [2.05, 4.69) is 28.9 Å². The predicted molar refractivity (Wildman–Crippen MR) is 81.3 cm³/mol. The van der Waals surface area contributed by atoms with Crippen LogP contribution >= 0.6 is 11.3 Å². The molecule has 4 heteroatoms. The van der Waals surface area contributed by atoms with Crippen molar-refractivity contribution in [1.29, 1.82) is 0 Å². The van der Waals surface area contributed by atoms with Gasteiger partial charge in [-0.1, -0.05) is 6.42 Å². The first-order chi connectivity index (χ1) is 9.26. The molecule has 3 rings (SSSR count).